The topological polar surface area (TPSA) is 122 Å². The third-order valence-corrected chi connectivity index (χ3v) is 8.17. The molecule has 3 atom stereocenters. The third kappa shape index (κ3) is 5.01. The van der Waals surface area contributed by atoms with Crippen molar-refractivity contribution in [1.82, 2.24) is 29.2 Å². The number of aromatic nitrogens is 4. The minimum Gasteiger partial charge on any atom is -0.382 e. The van der Waals surface area contributed by atoms with E-state index in [1.165, 1.54) is 0 Å². The number of anilines is 2. The van der Waals surface area contributed by atoms with Crippen LogP contribution in [0.4, 0.5) is 24.8 Å². The van der Waals surface area contributed by atoms with E-state index in [0.29, 0.717) is 22.6 Å². The fraction of sp³-hybridized carbons (Fsp3) is 0.323. The van der Waals surface area contributed by atoms with E-state index >= 15 is 0 Å². The number of fused-ring (bicyclic) bond motifs is 3. The van der Waals surface area contributed by atoms with Crippen molar-refractivity contribution in [1.29, 1.82) is 0 Å². The van der Waals surface area contributed by atoms with Crippen LogP contribution in [0, 0.1) is 11.8 Å². The maximum atomic E-state index is 13.2. The summed E-state index contributed by atoms with van der Waals surface area (Å²) in [4.78, 5) is 43.4. The zero-order valence-electron chi connectivity index (χ0n) is 24.1. The molecule has 5 heterocycles. The number of benzene rings is 1. The zero-order valence-corrected chi connectivity index (χ0v) is 24.1. The molecule has 2 saturated heterocycles. The number of hydrogen-bond donors (Lipinski definition) is 2. The smallest absolute Gasteiger partial charge is 0.382 e. The Morgan fingerprint density at radius 1 is 1.11 bits per heavy atom. The molecule has 1 aromatic carbocycles. The SMILES string of the molecule is CC#CC(=O)N1C2C[C@@H](C1c1nc(-c3ccc(C(=O)Nc4cc(C(F)(F)F)ccn4)cc3)c3c(N)nccn13)N(C(C)C)C2. The largest absolute Gasteiger partial charge is 0.416 e. The van der Waals surface area contributed by atoms with Crippen molar-refractivity contribution >= 4 is 29.0 Å². The van der Waals surface area contributed by atoms with Gasteiger partial charge in [-0.05, 0) is 57.4 Å². The number of nitrogens with zero attached hydrogens (tertiary/aromatic N) is 6. The number of nitrogens with two attached hydrogens (primary N) is 1. The van der Waals surface area contributed by atoms with Gasteiger partial charge in [0.25, 0.3) is 11.8 Å². The highest BCUT2D eigenvalue weighted by molar-refractivity contribution is 6.04. The quantitative estimate of drug-likeness (QED) is 0.325. The van der Waals surface area contributed by atoms with Crippen LogP contribution >= 0.6 is 0 Å². The number of nitrogen functional groups attached to an aromatic ring is 1. The molecular weight excluding hydrogens is 573 g/mol. The molecule has 2 bridgehead atoms. The summed E-state index contributed by atoms with van der Waals surface area (Å²) in [6, 6.07) is 7.97. The fourth-order valence-electron chi connectivity index (χ4n) is 6.29. The van der Waals surface area contributed by atoms with Gasteiger partial charge in [-0.3, -0.25) is 18.9 Å². The monoisotopic (exact) mass is 602 g/mol. The first-order valence-electron chi connectivity index (χ1n) is 14.1. The minimum atomic E-state index is -4.56. The molecule has 0 spiro atoms. The summed E-state index contributed by atoms with van der Waals surface area (Å²) >= 11 is 0. The van der Waals surface area contributed by atoms with Crippen LogP contribution in [0.2, 0.25) is 0 Å². The molecular formula is C31H29F3N8O2. The number of piperazine rings is 1. The molecule has 0 saturated carbocycles. The molecule has 4 aromatic rings. The number of pyridine rings is 1. The number of alkyl halides is 3. The van der Waals surface area contributed by atoms with Crippen molar-refractivity contribution in [2.24, 2.45) is 0 Å². The summed E-state index contributed by atoms with van der Waals surface area (Å²) in [5, 5.41) is 2.41. The van der Waals surface area contributed by atoms with Crippen LogP contribution in [0.5, 0.6) is 0 Å². The zero-order chi connectivity index (χ0) is 31.3. The van der Waals surface area contributed by atoms with Crippen LogP contribution in [0.3, 0.4) is 0 Å². The van der Waals surface area contributed by atoms with Gasteiger partial charge in [-0.25, -0.2) is 15.0 Å². The first-order valence-corrected chi connectivity index (χ1v) is 14.1. The summed E-state index contributed by atoms with van der Waals surface area (Å²) in [6.45, 7) is 6.66. The standard InChI is InChI=1S/C31H29F3N8O2/c1-4-5-24(43)42-21-15-22(41(16-21)17(2)3)26(42)29-39-25(27-28(35)37-12-13-40(27)29)18-6-8-19(9-7-18)30(44)38-23-14-20(10-11-36-23)31(32,33)34/h6-14,17,21-22,26H,15-16H2,1-3H3,(H2,35,37)(H,36,38,44)/t21?,22-,26?/m0/s1. The molecule has 2 amide bonds. The molecule has 2 fully saturated rings. The van der Waals surface area contributed by atoms with Gasteiger partial charge in [-0.2, -0.15) is 13.2 Å². The maximum Gasteiger partial charge on any atom is 0.416 e. The lowest BCUT2D eigenvalue weighted by Gasteiger charge is -2.41. The van der Waals surface area contributed by atoms with Gasteiger partial charge in [0.2, 0.25) is 0 Å². The Labute approximate surface area is 251 Å². The van der Waals surface area contributed by atoms with Crippen molar-refractivity contribution in [3.63, 3.8) is 0 Å². The molecule has 10 nitrogen and oxygen atoms in total. The summed E-state index contributed by atoms with van der Waals surface area (Å²) in [6.07, 6.45) is 0.571. The number of nitrogens with one attached hydrogen (secondary N) is 1. The molecule has 226 valence electrons. The molecule has 3 aromatic heterocycles. The Balaban J connectivity index is 1.36. The molecule has 3 N–H and O–H groups in total. The number of rotatable bonds is 5. The maximum absolute atomic E-state index is 13.2. The predicted molar refractivity (Wildman–Crippen MR) is 157 cm³/mol. The highest BCUT2D eigenvalue weighted by Gasteiger charge is 2.54. The fourth-order valence-corrected chi connectivity index (χ4v) is 6.29. The summed E-state index contributed by atoms with van der Waals surface area (Å²) < 4.78 is 41.1. The van der Waals surface area contributed by atoms with Crippen molar-refractivity contribution < 1.29 is 22.8 Å². The van der Waals surface area contributed by atoms with Crippen LogP contribution < -0.4 is 11.1 Å². The molecule has 6 rings (SSSR count). The summed E-state index contributed by atoms with van der Waals surface area (Å²) in [5.41, 5.74) is 7.37. The van der Waals surface area contributed by atoms with Crippen LogP contribution in [0.25, 0.3) is 16.8 Å². The lowest BCUT2D eigenvalue weighted by atomic mass is 10.1. The number of amides is 2. The van der Waals surface area contributed by atoms with Crippen LogP contribution in [-0.2, 0) is 11.0 Å². The second-order valence-electron chi connectivity index (χ2n) is 11.1. The Morgan fingerprint density at radius 2 is 1.86 bits per heavy atom. The number of imidazole rings is 1. The predicted octanol–water partition coefficient (Wildman–Crippen LogP) is 4.40. The second-order valence-corrected chi connectivity index (χ2v) is 11.1. The molecule has 2 aliphatic heterocycles. The van der Waals surface area contributed by atoms with Gasteiger partial charge in [0.1, 0.15) is 34.7 Å². The second kappa shape index (κ2) is 10.9. The highest BCUT2D eigenvalue weighted by Crippen LogP contribution is 2.46. The number of likely N-dealkylation sites (tertiary alicyclic amines) is 2. The van der Waals surface area contributed by atoms with E-state index in [9.17, 15) is 22.8 Å². The Morgan fingerprint density at radius 3 is 2.55 bits per heavy atom. The summed E-state index contributed by atoms with van der Waals surface area (Å²) in [5.74, 6) is 5.22. The number of carbonyl (C=O) groups is 2. The minimum absolute atomic E-state index is 0.000143. The van der Waals surface area contributed by atoms with Crippen molar-refractivity contribution in [3.8, 4) is 23.1 Å². The number of hydrogen-bond acceptors (Lipinski definition) is 7. The lowest BCUT2D eigenvalue weighted by molar-refractivity contribution is -0.137. The molecule has 44 heavy (non-hydrogen) atoms. The first kappa shape index (κ1) is 29.1. The number of halogens is 3. The van der Waals surface area contributed by atoms with E-state index < -0.39 is 17.6 Å². The van der Waals surface area contributed by atoms with Crippen molar-refractivity contribution in [3.05, 3.63) is 71.9 Å². The van der Waals surface area contributed by atoms with E-state index in [4.69, 9.17) is 10.7 Å². The van der Waals surface area contributed by atoms with Crippen molar-refractivity contribution in [2.75, 3.05) is 17.6 Å². The molecule has 0 radical (unpaired) electrons. The Hall–Kier alpha value is -4.96. The van der Waals surface area contributed by atoms with E-state index in [0.717, 1.165) is 31.3 Å². The average Bonchev–Trinajstić information content (AvgIpc) is 3.69. The lowest BCUT2D eigenvalue weighted by Crippen LogP contribution is -2.52. The van der Waals surface area contributed by atoms with E-state index in [2.05, 4.69) is 45.9 Å². The van der Waals surface area contributed by atoms with Crippen LogP contribution in [0.15, 0.2) is 55.0 Å². The average molecular weight is 603 g/mol. The third-order valence-electron chi connectivity index (χ3n) is 8.17. The number of carbonyl (C=O) groups excluding carboxylic acids is 2. The van der Waals surface area contributed by atoms with Gasteiger partial charge in [-0.1, -0.05) is 18.1 Å². The van der Waals surface area contributed by atoms with Gasteiger partial charge in [-0.15, -0.1) is 0 Å². The van der Waals surface area contributed by atoms with E-state index in [1.807, 2.05) is 9.30 Å². The molecule has 2 unspecified atom stereocenters. The van der Waals surface area contributed by atoms with Gasteiger partial charge in [0.15, 0.2) is 0 Å². The molecule has 13 heteroatoms. The van der Waals surface area contributed by atoms with E-state index in [-0.39, 0.29) is 47.3 Å². The van der Waals surface area contributed by atoms with Crippen molar-refractivity contribution in [2.45, 2.75) is 57.5 Å². The molecule has 0 aliphatic carbocycles. The Bertz CT molecular complexity index is 1820. The van der Waals surface area contributed by atoms with Gasteiger partial charge >= 0.3 is 6.18 Å². The van der Waals surface area contributed by atoms with Gasteiger partial charge in [0.05, 0.1) is 5.56 Å². The molecule has 2 aliphatic rings. The summed E-state index contributed by atoms with van der Waals surface area (Å²) in [7, 11) is 0. The van der Waals surface area contributed by atoms with Gasteiger partial charge in [0, 0.05) is 54.4 Å². The van der Waals surface area contributed by atoms with E-state index in [1.54, 1.807) is 43.6 Å². The highest BCUT2D eigenvalue weighted by atomic mass is 19.4. The Kier molecular flexibility index (Phi) is 7.25. The van der Waals surface area contributed by atoms with Crippen LogP contribution in [0.1, 0.15) is 55.0 Å². The van der Waals surface area contributed by atoms with Crippen LogP contribution in [-0.4, -0.2) is 65.6 Å². The first-order chi connectivity index (χ1) is 21.0. The normalized spacial score (nSPS) is 19.8. The van der Waals surface area contributed by atoms with Gasteiger partial charge < -0.3 is 16.0 Å².